The number of fused-ring (bicyclic) bond motifs is 5. The Balaban J connectivity index is 1.20. The zero-order chi connectivity index (χ0) is 31.0. The number of aliphatic hydroxyl groups is 2. The second-order valence-electron chi connectivity index (χ2n) is 10.2. The van der Waals surface area contributed by atoms with E-state index >= 15 is 0 Å². The lowest BCUT2D eigenvalue weighted by Crippen LogP contribution is -2.36. The van der Waals surface area contributed by atoms with Crippen LogP contribution in [0.15, 0.2) is 42.0 Å². The first-order valence-electron chi connectivity index (χ1n) is 13.0. The number of aromatic amines is 1. The number of rotatable bonds is 2. The first-order valence-corrected chi connectivity index (χ1v) is 16.0. The minimum Gasteiger partial charge on any atom is -0.397 e. The van der Waals surface area contributed by atoms with Crippen molar-refractivity contribution < 1.29 is 56.7 Å². The van der Waals surface area contributed by atoms with E-state index in [0.717, 1.165) is 12.7 Å². The smallest absolute Gasteiger partial charge is 0.397 e. The topological polar surface area (TPSA) is 278 Å². The largest absolute Gasteiger partial charge is 0.472 e. The van der Waals surface area contributed by atoms with Crippen molar-refractivity contribution in [3.8, 4) is 0 Å². The van der Waals surface area contributed by atoms with Crippen LogP contribution in [-0.2, 0) is 36.7 Å². The van der Waals surface area contributed by atoms with Gasteiger partial charge in [-0.2, -0.15) is 0 Å². The van der Waals surface area contributed by atoms with E-state index in [1.807, 2.05) is 0 Å². The van der Waals surface area contributed by atoms with Crippen LogP contribution in [0.5, 0.6) is 0 Å². The van der Waals surface area contributed by atoms with Gasteiger partial charge in [0.2, 0.25) is 0 Å². The molecule has 4 aromatic rings. The van der Waals surface area contributed by atoms with Crippen molar-refractivity contribution >= 4 is 43.5 Å². The number of phosphoric acid groups is 2. The van der Waals surface area contributed by atoms with E-state index in [1.54, 1.807) is 18.2 Å². The molecule has 236 valence electrons. The molecule has 3 aromatic heterocycles. The van der Waals surface area contributed by atoms with E-state index in [9.17, 15) is 33.9 Å². The lowest BCUT2D eigenvalue weighted by atomic mass is 10.1. The van der Waals surface area contributed by atoms with Crippen molar-refractivity contribution in [2.24, 2.45) is 0 Å². The third-order valence-corrected chi connectivity index (χ3v) is 9.46. The maximum atomic E-state index is 13.2. The predicted octanol–water partition coefficient (Wildman–Crippen LogP) is -0.714. The van der Waals surface area contributed by atoms with Gasteiger partial charge in [-0.15, -0.1) is 0 Å². The molecule has 3 aliphatic rings. The second-order valence-corrected chi connectivity index (χ2v) is 13.0. The summed E-state index contributed by atoms with van der Waals surface area (Å²) in [7, 11) is -10.1. The number of hydrogen-bond donors (Lipinski definition) is 6. The summed E-state index contributed by atoms with van der Waals surface area (Å²) in [4.78, 5) is 48.0. The summed E-state index contributed by atoms with van der Waals surface area (Å²) < 4.78 is 61.4. The number of aliphatic hydroxyl groups excluding tert-OH is 2. The van der Waals surface area contributed by atoms with Gasteiger partial charge in [-0.3, -0.25) is 27.5 Å². The monoisotopic (exact) mass is 657 g/mol. The van der Waals surface area contributed by atoms with Gasteiger partial charge in [-0.25, -0.2) is 24.1 Å². The van der Waals surface area contributed by atoms with Crippen molar-refractivity contribution in [1.29, 1.82) is 0 Å². The Bertz CT molecular complexity index is 1880. The number of phosphoric ester groups is 2. The lowest BCUT2D eigenvalue weighted by Gasteiger charge is -2.25. The van der Waals surface area contributed by atoms with Crippen LogP contribution in [0.2, 0.25) is 0 Å². The molecule has 7 rings (SSSR count). The predicted molar refractivity (Wildman–Crippen MR) is 143 cm³/mol. The van der Waals surface area contributed by atoms with Crippen molar-refractivity contribution in [3.63, 3.8) is 0 Å². The number of hydrogen-bond acceptors (Lipinski definition) is 15. The van der Waals surface area contributed by atoms with Gasteiger partial charge >= 0.3 is 15.6 Å². The number of nitrogen functional groups attached to an aromatic ring is 1. The summed E-state index contributed by atoms with van der Waals surface area (Å²) in [6.45, 7) is -1.56. The van der Waals surface area contributed by atoms with Crippen molar-refractivity contribution in [1.82, 2.24) is 29.1 Å². The van der Waals surface area contributed by atoms with Crippen LogP contribution in [0.3, 0.4) is 0 Å². The molecular weight excluding hydrogens is 632 g/mol. The lowest BCUT2D eigenvalue weighted by molar-refractivity contribution is -0.0671. The van der Waals surface area contributed by atoms with Gasteiger partial charge < -0.3 is 44.8 Å². The number of H-pyrrole nitrogens is 1. The maximum absolute atomic E-state index is 13.2. The number of aromatic nitrogens is 6. The molecule has 44 heavy (non-hydrogen) atoms. The Labute approximate surface area is 245 Å². The summed E-state index contributed by atoms with van der Waals surface area (Å²) in [5.74, 6) is 0. The van der Waals surface area contributed by atoms with Gasteiger partial charge in [0.05, 0.1) is 43.4 Å². The third-order valence-electron chi connectivity index (χ3n) is 7.48. The van der Waals surface area contributed by atoms with Gasteiger partial charge in [0.15, 0.2) is 23.6 Å². The zero-order valence-corrected chi connectivity index (χ0v) is 24.0. The van der Waals surface area contributed by atoms with Crippen molar-refractivity contribution in [2.45, 2.75) is 49.1 Å². The molecule has 0 radical (unpaired) electrons. The molecule has 1 aromatic carbocycles. The van der Waals surface area contributed by atoms with Crippen molar-refractivity contribution in [2.75, 3.05) is 18.9 Å². The van der Waals surface area contributed by atoms with E-state index in [1.165, 1.54) is 15.5 Å². The van der Waals surface area contributed by atoms with Gasteiger partial charge in [-0.1, -0.05) is 6.07 Å². The van der Waals surface area contributed by atoms with Gasteiger partial charge in [0.25, 0.3) is 5.56 Å². The van der Waals surface area contributed by atoms with E-state index in [2.05, 4.69) is 19.9 Å². The Morgan fingerprint density at radius 2 is 1.52 bits per heavy atom. The second kappa shape index (κ2) is 10.8. The Kier molecular flexibility index (Phi) is 7.24. The summed E-state index contributed by atoms with van der Waals surface area (Å²) in [5, 5.41) is 22.1. The van der Waals surface area contributed by atoms with Crippen LogP contribution in [0.1, 0.15) is 12.5 Å². The number of anilines is 1. The molecule has 3 fully saturated rings. The summed E-state index contributed by atoms with van der Waals surface area (Å²) >= 11 is 0. The number of benzene rings is 1. The highest BCUT2D eigenvalue weighted by atomic mass is 31.2. The number of nitrogens with zero attached hydrogens (tertiary/aromatic N) is 5. The summed E-state index contributed by atoms with van der Waals surface area (Å²) in [6, 6.07) is 4.93. The fourth-order valence-electron chi connectivity index (χ4n) is 5.44. The first-order chi connectivity index (χ1) is 20.9. The van der Waals surface area contributed by atoms with Crippen LogP contribution in [0, 0.1) is 0 Å². The molecule has 0 amide bonds. The van der Waals surface area contributed by atoms with Crippen LogP contribution in [0.4, 0.5) is 5.69 Å². The highest BCUT2D eigenvalue weighted by molar-refractivity contribution is 7.47. The van der Waals surface area contributed by atoms with E-state index < -0.39 is 83.5 Å². The van der Waals surface area contributed by atoms with Crippen LogP contribution >= 0.6 is 15.6 Å². The Morgan fingerprint density at radius 1 is 0.864 bits per heavy atom. The average molecular weight is 657 g/mol. The Hall–Kier alpha value is -3.10. The van der Waals surface area contributed by atoms with Gasteiger partial charge in [0, 0.05) is 0 Å². The SMILES string of the molecule is Nc1cccc2c1ncn2[C@@H]1O[C@@H]2COP(=O)(O)O[C@@H]3[C@H](O)[C@@H](COP(=O)(O)O[C@H]2[C@H]1O)O[C@H]3n1cnc2c(=O)[nH]cnc21. The fraction of sp³-hybridized carbons (Fsp3) is 0.455. The van der Waals surface area contributed by atoms with E-state index in [4.69, 9.17) is 33.3 Å². The highest BCUT2D eigenvalue weighted by Gasteiger charge is 2.53. The normalized spacial score (nSPS) is 38.3. The number of nitrogens with one attached hydrogen (secondary N) is 1. The zero-order valence-electron chi connectivity index (χ0n) is 22.2. The van der Waals surface area contributed by atoms with E-state index in [0.29, 0.717) is 16.7 Å². The number of nitrogens with two attached hydrogens (primary N) is 1. The Morgan fingerprint density at radius 3 is 2.30 bits per heavy atom. The van der Waals surface area contributed by atoms with Crippen LogP contribution in [0.25, 0.3) is 22.2 Å². The number of imidazole rings is 2. The summed E-state index contributed by atoms with van der Waals surface area (Å²) in [5.41, 5.74) is 6.51. The molecule has 20 nitrogen and oxygen atoms in total. The highest BCUT2D eigenvalue weighted by Crippen LogP contribution is 2.53. The number of para-hydroxylation sites is 1. The standard InChI is InChI=1S/C22H25N7O13P2/c23-9-2-1-3-10-13(9)26-7-28(10)21-16(31)17-12(40-21)5-38-44(35,36)42-18-15(30)11(4-37-43(33,34)41-17)39-22(18)29-8-27-14-19(29)24-6-25-20(14)32/h1-3,6-8,11-12,15-18,21-22,30-31H,4-5,23H2,(H,33,34)(H,35,36)(H,24,25,32)/t11-,12-,15-,16-,17-,18-,21-,22-/m1/s1. The minimum atomic E-state index is -5.06. The van der Waals surface area contributed by atoms with E-state index in [-0.39, 0.29) is 11.2 Å². The molecular formula is C22H25N7O13P2. The molecule has 0 aliphatic carbocycles. The van der Waals surface area contributed by atoms with Gasteiger partial charge in [0.1, 0.15) is 42.1 Å². The molecule has 2 unspecified atom stereocenters. The molecule has 3 saturated heterocycles. The molecule has 2 bridgehead atoms. The molecule has 6 heterocycles. The third kappa shape index (κ3) is 5.08. The molecule has 0 spiro atoms. The first kappa shape index (κ1) is 29.6. The van der Waals surface area contributed by atoms with Crippen molar-refractivity contribution in [3.05, 3.63) is 47.5 Å². The number of ether oxygens (including phenoxy) is 2. The van der Waals surface area contributed by atoms with Gasteiger partial charge in [-0.05, 0) is 12.1 Å². The van der Waals surface area contributed by atoms with Crippen LogP contribution < -0.4 is 11.3 Å². The fourth-order valence-corrected chi connectivity index (χ4v) is 7.34. The average Bonchev–Trinajstić information content (AvgIpc) is 3.73. The minimum absolute atomic E-state index is 0.0110. The molecule has 7 N–H and O–H groups in total. The maximum Gasteiger partial charge on any atom is 0.472 e. The molecule has 10 atom stereocenters. The quantitative estimate of drug-likeness (QED) is 0.115. The molecule has 3 aliphatic heterocycles. The molecule has 22 heteroatoms. The summed E-state index contributed by atoms with van der Waals surface area (Å²) in [6.07, 6.45) is -8.58. The molecule has 0 saturated carbocycles. The van der Waals surface area contributed by atoms with Crippen LogP contribution in [-0.4, -0.2) is 98.9 Å².